The molecule has 6 N–H and O–H groups in total. The van der Waals surface area contributed by atoms with Gasteiger partial charge in [0.15, 0.2) is 0 Å². The first-order chi connectivity index (χ1) is 16.4. The number of amides is 4. The molecule has 0 saturated heterocycles. The monoisotopic (exact) mass is 500 g/mol. The van der Waals surface area contributed by atoms with Crippen LogP contribution < -0.4 is 21.7 Å². The Balaban J connectivity index is 5.51. The number of carbonyl (C=O) groups is 7. The lowest BCUT2D eigenvalue weighted by Gasteiger charge is -2.24. The van der Waals surface area contributed by atoms with Crippen molar-refractivity contribution in [2.24, 2.45) is 5.73 Å². The number of hydrogen-bond donors (Lipinski definition) is 5. The Bertz CT molecular complexity index is 827. The molecule has 1 unspecified atom stereocenters. The molecule has 0 fully saturated rings. The van der Waals surface area contributed by atoms with E-state index in [9.17, 15) is 33.6 Å². The van der Waals surface area contributed by atoms with Gasteiger partial charge in [-0.25, -0.2) is 9.59 Å². The minimum Gasteiger partial charge on any atom is -0.481 e. The molecular weight excluding hydrogens is 468 g/mol. The predicted octanol–water partition coefficient (Wildman–Crippen LogP) is -1.73. The lowest BCUT2D eigenvalue weighted by molar-refractivity contribution is -0.146. The highest BCUT2D eigenvalue weighted by molar-refractivity contribution is 5.93. The lowest BCUT2D eigenvalue weighted by Crippen LogP contribution is -2.55. The molecule has 0 aromatic heterocycles. The van der Waals surface area contributed by atoms with E-state index in [4.69, 9.17) is 10.8 Å². The zero-order valence-electron chi connectivity index (χ0n) is 19.8. The fourth-order valence-electron chi connectivity index (χ4n) is 2.78. The van der Waals surface area contributed by atoms with Gasteiger partial charge in [0.1, 0.15) is 18.1 Å². The van der Waals surface area contributed by atoms with Gasteiger partial charge < -0.3 is 36.3 Å². The third-order valence-corrected chi connectivity index (χ3v) is 4.53. The van der Waals surface area contributed by atoms with Gasteiger partial charge in [-0.1, -0.05) is 6.08 Å². The minimum absolute atomic E-state index is 0.0620. The van der Waals surface area contributed by atoms with Crippen molar-refractivity contribution in [1.82, 2.24) is 16.0 Å². The number of allylic oxidation sites excluding steroid dienone is 1. The highest BCUT2D eigenvalue weighted by Crippen LogP contribution is 2.06. The van der Waals surface area contributed by atoms with Crippen molar-refractivity contribution in [3.8, 4) is 0 Å². The molecule has 35 heavy (non-hydrogen) atoms. The molecule has 0 rings (SSSR count). The van der Waals surface area contributed by atoms with E-state index >= 15 is 0 Å². The summed E-state index contributed by atoms with van der Waals surface area (Å²) in [6.07, 6.45) is 1.62. The molecule has 0 radical (unpaired) electrons. The van der Waals surface area contributed by atoms with Gasteiger partial charge in [0.25, 0.3) is 0 Å². The first-order valence-corrected chi connectivity index (χ1v) is 10.6. The van der Waals surface area contributed by atoms with E-state index in [1.54, 1.807) is 0 Å². The summed E-state index contributed by atoms with van der Waals surface area (Å²) in [5, 5.41) is 16.0. The average molecular weight is 501 g/mol. The van der Waals surface area contributed by atoms with E-state index in [-0.39, 0.29) is 32.1 Å². The molecule has 196 valence electrons. The molecule has 0 aliphatic rings. The Morgan fingerprint density at radius 3 is 1.86 bits per heavy atom. The van der Waals surface area contributed by atoms with E-state index in [0.717, 1.165) is 13.2 Å². The SMILES string of the molecule is COC(=O)/C=C/CC[C@H](NC(C)=O)C(=O)N[C@@H](CCC(N)=O)C(=O)NC(CCC(=O)O)C(=O)OC. The standard InChI is InChI=1S/C21H32N4O10/c1-12(26)23-13(6-4-5-7-18(30)34-2)19(31)24-14(8-10-16(22)27)20(32)25-15(21(33)35-3)9-11-17(28)29/h5,7,13-15H,4,6,8-11H2,1-3H3,(H2,22,27)(H,23,26)(H,24,31)(H,25,32)(H,28,29)/b7-5+/t13-,14-,15?/m0/s1. The molecule has 4 amide bonds. The fraction of sp³-hybridized carbons (Fsp3) is 0.571. The number of carbonyl (C=O) groups excluding carboxylic acids is 6. The number of nitrogens with one attached hydrogen (secondary N) is 3. The number of primary amides is 1. The zero-order chi connectivity index (χ0) is 27.0. The Labute approximate surface area is 201 Å². The number of carboxylic acids is 1. The van der Waals surface area contributed by atoms with Crippen molar-refractivity contribution in [3.63, 3.8) is 0 Å². The summed E-state index contributed by atoms with van der Waals surface area (Å²) in [5.74, 6) is -5.63. The van der Waals surface area contributed by atoms with Crippen LogP contribution in [0, 0.1) is 0 Å². The van der Waals surface area contributed by atoms with Crippen LogP contribution in [0.2, 0.25) is 0 Å². The van der Waals surface area contributed by atoms with Gasteiger partial charge in [-0.2, -0.15) is 0 Å². The summed E-state index contributed by atoms with van der Waals surface area (Å²) in [6.45, 7) is 1.19. The first kappa shape index (κ1) is 31.0. The first-order valence-electron chi connectivity index (χ1n) is 10.6. The van der Waals surface area contributed by atoms with Crippen LogP contribution in [0.1, 0.15) is 45.4 Å². The molecule has 14 nitrogen and oxygen atoms in total. The zero-order valence-corrected chi connectivity index (χ0v) is 19.8. The van der Waals surface area contributed by atoms with Gasteiger partial charge in [-0.05, 0) is 25.7 Å². The number of esters is 2. The van der Waals surface area contributed by atoms with Gasteiger partial charge in [0, 0.05) is 25.8 Å². The highest BCUT2D eigenvalue weighted by Gasteiger charge is 2.30. The van der Waals surface area contributed by atoms with Crippen LogP contribution in [0.15, 0.2) is 12.2 Å². The maximum Gasteiger partial charge on any atom is 0.330 e. The topological polar surface area (TPSA) is 220 Å². The molecule has 3 atom stereocenters. The summed E-state index contributed by atoms with van der Waals surface area (Å²) in [6, 6.07) is -3.75. The van der Waals surface area contributed by atoms with Crippen LogP contribution in [-0.2, 0) is 43.0 Å². The Kier molecular flexibility index (Phi) is 14.7. The van der Waals surface area contributed by atoms with Crippen molar-refractivity contribution >= 4 is 41.5 Å². The lowest BCUT2D eigenvalue weighted by atomic mass is 10.1. The summed E-state index contributed by atoms with van der Waals surface area (Å²) in [4.78, 5) is 82.3. The van der Waals surface area contributed by atoms with Gasteiger partial charge in [0.2, 0.25) is 23.6 Å². The molecule has 0 heterocycles. The van der Waals surface area contributed by atoms with E-state index in [0.29, 0.717) is 0 Å². The number of carboxylic acid groups (broad SMARTS) is 1. The van der Waals surface area contributed by atoms with E-state index in [1.807, 2.05) is 0 Å². The molecular formula is C21H32N4O10. The minimum atomic E-state index is -1.34. The van der Waals surface area contributed by atoms with Crippen molar-refractivity contribution < 1.29 is 48.1 Å². The van der Waals surface area contributed by atoms with Crippen LogP contribution in [0.3, 0.4) is 0 Å². The summed E-state index contributed by atoms with van der Waals surface area (Å²) < 4.78 is 9.03. The molecule has 0 aliphatic carbocycles. The quantitative estimate of drug-likeness (QED) is 0.119. The van der Waals surface area contributed by atoms with Gasteiger partial charge in [-0.15, -0.1) is 0 Å². The van der Waals surface area contributed by atoms with Crippen molar-refractivity contribution in [3.05, 3.63) is 12.2 Å². The van der Waals surface area contributed by atoms with Crippen molar-refractivity contribution in [2.45, 2.75) is 63.6 Å². The number of hydrogen-bond acceptors (Lipinski definition) is 9. The molecule has 0 aromatic rings. The third kappa shape index (κ3) is 14.0. The highest BCUT2D eigenvalue weighted by atomic mass is 16.5. The Hall–Kier alpha value is -3.97. The second kappa shape index (κ2) is 16.6. The maximum atomic E-state index is 12.8. The van der Waals surface area contributed by atoms with Crippen LogP contribution >= 0.6 is 0 Å². The Morgan fingerprint density at radius 1 is 0.829 bits per heavy atom. The summed E-state index contributed by atoms with van der Waals surface area (Å²) >= 11 is 0. The van der Waals surface area contributed by atoms with Gasteiger partial charge in [0.05, 0.1) is 14.2 Å². The van der Waals surface area contributed by atoms with Crippen molar-refractivity contribution in [1.29, 1.82) is 0 Å². The third-order valence-electron chi connectivity index (χ3n) is 4.53. The Morgan fingerprint density at radius 2 is 1.37 bits per heavy atom. The van der Waals surface area contributed by atoms with Crippen LogP contribution in [-0.4, -0.2) is 79.0 Å². The van der Waals surface area contributed by atoms with Gasteiger partial charge in [-0.3, -0.25) is 24.0 Å². The molecule has 14 heteroatoms. The van der Waals surface area contributed by atoms with Gasteiger partial charge >= 0.3 is 17.9 Å². The second-order valence-electron chi connectivity index (χ2n) is 7.34. The predicted molar refractivity (Wildman–Crippen MR) is 119 cm³/mol. The largest absolute Gasteiger partial charge is 0.481 e. The number of rotatable bonds is 16. The van der Waals surface area contributed by atoms with Crippen LogP contribution in [0.4, 0.5) is 0 Å². The molecule has 0 aliphatic heterocycles. The number of aliphatic carboxylic acids is 1. The normalized spacial score (nSPS) is 13.1. The smallest absolute Gasteiger partial charge is 0.330 e. The fourth-order valence-corrected chi connectivity index (χ4v) is 2.78. The van der Waals surface area contributed by atoms with Crippen molar-refractivity contribution in [2.75, 3.05) is 14.2 Å². The summed E-state index contributed by atoms with van der Waals surface area (Å²) in [7, 11) is 2.26. The number of ether oxygens (including phenoxy) is 2. The van der Waals surface area contributed by atoms with Crippen LogP contribution in [0.5, 0.6) is 0 Å². The van der Waals surface area contributed by atoms with E-state index in [1.165, 1.54) is 20.1 Å². The second-order valence-corrected chi connectivity index (χ2v) is 7.34. The van der Waals surface area contributed by atoms with E-state index in [2.05, 4.69) is 25.4 Å². The molecule has 0 spiro atoms. The van der Waals surface area contributed by atoms with Crippen LogP contribution in [0.25, 0.3) is 0 Å². The molecule has 0 saturated carbocycles. The summed E-state index contributed by atoms with van der Waals surface area (Å²) in [5.41, 5.74) is 5.14. The average Bonchev–Trinajstić information content (AvgIpc) is 2.79. The molecule has 0 bridgehead atoms. The molecule has 0 aromatic carbocycles. The maximum absolute atomic E-state index is 12.8. The number of methoxy groups -OCH3 is 2. The number of nitrogens with two attached hydrogens (primary N) is 1. The van der Waals surface area contributed by atoms with E-state index < -0.39 is 66.1 Å².